The maximum Gasteiger partial charge on any atom is 0.259 e. The molecule has 0 spiro atoms. The Kier molecular flexibility index (Phi) is 4.42. The summed E-state index contributed by atoms with van der Waals surface area (Å²) in [6.07, 6.45) is 0. The van der Waals surface area contributed by atoms with Crippen LogP contribution in [0.1, 0.15) is 10.4 Å². The smallest absolute Gasteiger partial charge is 0.259 e. The van der Waals surface area contributed by atoms with Gasteiger partial charge in [0, 0.05) is 10.5 Å². The number of rotatable bonds is 3. The highest BCUT2D eigenvalue weighted by molar-refractivity contribution is 9.10. The second kappa shape index (κ2) is 6.09. The highest BCUT2D eigenvalue weighted by atomic mass is 79.9. The van der Waals surface area contributed by atoms with Crippen molar-refractivity contribution in [2.75, 3.05) is 12.4 Å². The van der Waals surface area contributed by atoms with Gasteiger partial charge < -0.3 is 15.2 Å². The van der Waals surface area contributed by atoms with Gasteiger partial charge in [-0.15, -0.1) is 0 Å². The molecule has 4 nitrogen and oxygen atoms in total. The average Bonchev–Trinajstić information content (AvgIpc) is 2.42. The predicted molar refractivity (Wildman–Crippen MR) is 76.7 cm³/mol. The summed E-state index contributed by atoms with van der Waals surface area (Å²) in [4.78, 5) is 12.0. The highest BCUT2D eigenvalue weighted by Gasteiger charge is 2.17. The third-order valence-corrected chi connectivity index (χ3v) is 3.15. The fourth-order valence-electron chi connectivity index (χ4n) is 1.67. The van der Waals surface area contributed by atoms with Gasteiger partial charge in [-0.3, -0.25) is 4.79 Å². The monoisotopic (exact) mass is 357 g/mol. The first kappa shape index (κ1) is 15.2. The number of hydrogen-bond acceptors (Lipinski definition) is 3. The third-order valence-electron chi connectivity index (χ3n) is 2.69. The summed E-state index contributed by atoms with van der Waals surface area (Å²) >= 11 is 2.94. The van der Waals surface area contributed by atoms with Gasteiger partial charge in [-0.1, -0.05) is 15.9 Å². The van der Waals surface area contributed by atoms with E-state index in [4.69, 9.17) is 4.74 Å². The molecule has 2 aromatic carbocycles. The van der Waals surface area contributed by atoms with E-state index in [1.165, 1.54) is 25.3 Å². The minimum atomic E-state index is -0.928. The first-order valence-corrected chi connectivity index (χ1v) is 6.54. The molecule has 0 aromatic heterocycles. The second-order valence-electron chi connectivity index (χ2n) is 4.08. The van der Waals surface area contributed by atoms with Gasteiger partial charge in [0.1, 0.15) is 17.2 Å². The Bertz CT molecular complexity index is 684. The van der Waals surface area contributed by atoms with E-state index in [9.17, 15) is 18.7 Å². The molecule has 0 aliphatic heterocycles. The van der Waals surface area contributed by atoms with Gasteiger partial charge in [0.15, 0.2) is 11.6 Å². The summed E-state index contributed by atoms with van der Waals surface area (Å²) in [5.41, 5.74) is -0.712. The zero-order valence-electron chi connectivity index (χ0n) is 10.8. The predicted octanol–water partition coefficient (Wildman–Crippen LogP) is 3.69. The average molecular weight is 358 g/mol. The molecule has 2 N–H and O–H groups in total. The van der Waals surface area contributed by atoms with E-state index in [0.717, 1.165) is 12.1 Å². The summed E-state index contributed by atoms with van der Waals surface area (Å²) in [6, 6.07) is 6.00. The molecule has 0 saturated carbocycles. The molecule has 0 aliphatic carbocycles. The van der Waals surface area contributed by atoms with Crippen molar-refractivity contribution in [3.05, 3.63) is 52.0 Å². The molecule has 21 heavy (non-hydrogen) atoms. The Morgan fingerprint density at radius 2 is 1.86 bits per heavy atom. The number of anilines is 1. The topological polar surface area (TPSA) is 58.6 Å². The van der Waals surface area contributed by atoms with E-state index >= 15 is 0 Å². The minimum absolute atomic E-state index is 0.127. The Hall–Kier alpha value is -2.15. The standard InChI is InChI=1S/C14H10BrF2NO3/c1-21-8-2-3-9(12(19)6-8)14(20)18-13-10(16)4-7(15)5-11(13)17/h2-6,19H,1H3,(H,18,20). The first-order valence-electron chi connectivity index (χ1n) is 5.75. The van der Waals surface area contributed by atoms with Crippen molar-refractivity contribution < 1.29 is 23.4 Å². The Morgan fingerprint density at radius 1 is 1.24 bits per heavy atom. The van der Waals surface area contributed by atoms with Crippen molar-refractivity contribution in [1.29, 1.82) is 0 Å². The van der Waals surface area contributed by atoms with Gasteiger partial charge in [-0.25, -0.2) is 8.78 Å². The van der Waals surface area contributed by atoms with Crippen LogP contribution >= 0.6 is 15.9 Å². The summed E-state index contributed by atoms with van der Waals surface area (Å²) in [6.45, 7) is 0. The van der Waals surface area contributed by atoms with Crippen LogP contribution in [0.25, 0.3) is 0 Å². The van der Waals surface area contributed by atoms with Gasteiger partial charge in [-0.2, -0.15) is 0 Å². The number of halogens is 3. The number of amides is 1. The number of phenolic OH excluding ortho intramolecular Hbond substituents is 1. The van der Waals surface area contributed by atoms with Crippen LogP contribution in [0.2, 0.25) is 0 Å². The van der Waals surface area contributed by atoms with Crippen LogP contribution in [0.15, 0.2) is 34.8 Å². The van der Waals surface area contributed by atoms with Gasteiger partial charge in [-0.05, 0) is 24.3 Å². The fourth-order valence-corrected chi connectivity index (χ4v) is 2.07. The molecule has 0 fully saturated rings. The number of phenols is 1. The molecule has 110 valence electrons. The lowest BCUT2D eigenvalue weighted by Gasteiger charge is -2.10. The fraction of sp³-hybridized carbons (Fsp3) is 0.0714. The molecule has 0 saturated heterocycles. The molecule has 0 radical (unpaired) electrons. The normalized spacial score (nSPS) is 10.3. The molecule has 2 aromatic rings. The van der Waals surface area contributed by atoms with Crippen molar-refractivity contribution in [1.82, 2.24) is 0 Å². The number of ether oxygens (including phenoxy) is 1. The number of hydrogen-bond donors (Lipinski definition) is 2. The molecule has 0 atom stereocenters. The lowest BCUT2D eigenvalue weighted by atomic mass is 10.1. The minimum Gasteiger partial charge on any atom is -0.507 e. The number of carbonyl (C=O) groups excluding carboxylic acids is 1. The van der Waals surface area contributed by atoms with E-state index in [1.807, 2.05) is 0 Å². The maximum atomic E-state index is 13.6. The Labute approximate surface area is 127 Å². The van der Waals surface area contributed by atoms with Gasteiger partial charge in [0.05, 0.1) is 12.7 Å². The van der Waals surface area contributed by atoms with Gasteiger partial charge in [0.2, 0.25) is 0 Å². The molecular formula is C14H10BrF2NO3. The Morgan fingerprint density at radius 3 is 2.38 bits per heavy atom. The van der Waals surface area contributed by atoms with Crippen molar-refractivity contribution in [3.8, 4) is 11.5 Å². The van der Waals surface area contributed by atoms with Crippen molar-refractivity contribution in [3.63, 3.8) is 0 Å². The van der Waals surface area contributed by atoms with E-state index in [-0.39, 0.29) is 15.8 Å². The quantitative estimate of drug-likeness (QED) is 0.880. The largest absolute Gasteiger partial charge is 0.507 e. The first-order chi connectivity index (χ1) is 9.92. The molecular weight excluding hydrogens is 348 g/mol. The van der Waals surface area contributed by atoms with E-state index in [2.05, 4.69) is 21.2 Å². The van der Waals surface area contributed by atoms with E-state index in [1.54, 1.807) is 0 Å². The van der Waals surface area contributed by atoms with Crippen LogP contribution < -0.4 is 10.1 Å². The molecule has 0 heterocycles. The van der Waals surface area contributed by atoms with Crippen molar-refractivity contribution in [2.24, 2.45) is 0 Å². The summed E-state index contributed by atoms with van der Waals surface area (Å²) in [5, 5.41) is 11.8. The van der Waals surface area contributed by atoms with E-state index < -0.39 is 23.2 Å². The number of methoxy groups -OCH3 is 1. The zero-order valence-corrected chi connectivity index (χ0v) is 12.4. The van der Waals surface area contributed by atoms with Crippen LogP contribution in [0.3, 0.4) is 0 Å². The van der Waals surface area contributed by atoms with Crippen molar-refractivity contribution in [2.45, 2.75) is 0 Å². The molecule has 0 unspecified atom stereocenters. The maximum absolute atomic E-state index is 13.6. The summed E-state index contributed by atoms with van der Waals surface area (Å²) in [5.74, 6) is -2.70. The van der Waals surface area contributed by atoms with Gasteiger partial charge >= 0.3 is 0 Å². The lowest BCUT2D eigenvalue weighted by molar-refractivity contribution is 0.102. The summed E-state index contributed by atoms with van der Waals surface area (Å²) < 4.78 is 32.4. The molecule has 7 heteroatoms. The molecule has 2 rings (SSSR count). The number of nitrogens with one attached hydrogen (secondary N) is 1. The van der Waals surface area contributed by atoms with Crippen LogP contribution in [-0.2, 0) is 0 Å². The molecule has 0 bridgehead atoms. The number of benzene rings is 2. The van der Waals surface area contributed by atoms with E-state index in [0.29, 0.717) is 5.75 Å². The Balaban J connectivity index is 2.30. The van der Waals surface area contributed by atoms with Crippen LogP contribution in [-0.4, -0.2) is 18.1 Å². The van der Waals surface area contributed by atoms with Crippen LogP contribution in [0, 0.1) is 11.6 Å². The highest BCUT2D eigenvalue weighted by Crippen LogP contribution is 2.27. The van der Waals surface area contributed by atoms with Crippen LogP contribution in [0.5, 0.6) is 11.5 Å². The van der Waals surface area contributed by atoms with Crippen molar-refractivity contribution >= 4 is 27.5 Å². The number of aromatic hydroxyl groups is 1. The third kappa shape index (κ3) is 3.30. The zero-order chi connectivity index (χ0) is 15.6. The van der Waals surface area contributed by atoms with Crippen LogP contribution in [0.4, 0.5) is 14.5 Å². The van der Waals surface area contributed by atoms with Gasteiger partial charge in [0.25, 0.3) is 5.91 Å². The SMILES string of the molecule is COc1ccc(C(=O)Nc2c(F)cc(Br)cc2F)c(O)c1. The number of carbonyl (C=O) groups is 1. The molecule has 1 amide bonds. The second-order valence-corrected chi connectivity index (χ2v) is 5.00. The molecule has 0 aliphatic rings. The summed E-state index contributed by atoms with van der Waals surface area (Å²) in [7, 11) is 1.40. The lowest BCUT2D eigenvalue weighted by Crippen LogP contribution is -2.14.